The highest BCUT2D eigenvalue weighted by atomic mass is 32.2. The highest BCUT2D eigenvalue weighted by Gasteiger charge is 2.35. The first-order valence-corrected chi connectivity index (χ1v) is 8.68. The number of sulfonamides is 1. The van der Waals surface area contributed by atoms with Crippen molar-refractivity contribution < 1.29 is 8.42 Å². The molecule has 1 unspecified atom stereocenters. The Hall–Kier alpha value is -0.640. The molecule has 1 heterocycles. The van der Waals surface area contributed by atoms with Crippen LogP contribution in [0.2, 0.25) is 0 Å². The Labute approximate surface area is 116 Å². The molecular formula is C13H23N3O2S. The Morgan fingerprint density at radius 1 is 1.11 bits per heavy atom. The summed E-state index contributed by atoms with van der Waals surface area (Å²) in [5, 5.41) is 8.73. The number of nitriles is 1. The first-order chi connectivity index (χ1) is 9.05. The van der Waals surface area contributed by atoms with Gasteiger partial charge in [-0.15, -0.1) is 0 Å². The molecule has 0 spiro atoms. The van der Waals surface area contributed by atoms with Crippen molar-refractivity contribution in [2.45, 2.75) is 50.3 Å². The molecule has 0 radical (unpaired) electrons. The number of rotatable bonds is 3. The molecule has 5 nitrogen and oxygen atoms in total. The van der Waals surface area contributed by atoms with E-state index in [1.807, 2.05) is 11.8 Å². The van der Waals surface area contributed by atoms with Crippen molar-refractivity contribution in [2.75, 3.05) is 26.2 Å². The minimum atomic E-state index is -3.12. The second-order valence-electron chi connectivity index (χ2n) is 5.55. The molecule has 0 aromatic rings. The summed E-state index contributed by atoms with van der Waals surface area (Å²) in [5.74, 6) is 0. The van der Waals surface area contributed by atoms with Gasteiger partial charge < -0.3 is 0 Å². The molecule has 0 bridgehead atoms. The number of piperazine rings is 1. The highest BCUT2D eigenvalue weighted by molar-refractivity contribution is 7.89. The molecule has 1 atom stereocenters. The Morgan fingerprint density at radius 3 is 2.21 bits per heavy atom. The number of hydrogen-bond acceptors (Lipinski definition) is 4. The third-order valence-corrected chi connectivity index (χ3v) is 6.74. The van der Waals surface area contributed by atoms with Crippen molar-refractivity contribution in [2.24, 2.45) is 0 Å². The van der Waals surface area contributed by atoms with E-state index in [0.717, 1.165) is 25.7 Å². The Balaban J connectivity index is 1.95. The first-order valence-electron chi connectivity index (χ1n) is 7.18. The van der Waals surface area contributed by atoms with Crippen molar-refractivity contribution in [1.29, 1.82) is 5.26 Å². The topological polar surface area (TPSA) is 64.4 Å². The zero-order valence-corrected chi connectivity index (χ0v) is 12.4. The van der Waals surface area contributed by atoms with Gasteiger partial charge in [-0.3, -0.25) is 4.90 Å². The van der Waals surface area contributed by atoms with E-state index in [1.165, 1.54) is 6.42 Å². The molecule has 1 saturated heterocycles. The van der Waals surface area contributed by atoms with Crippen LogP contribution in [0.25, 0.3) is 0 Å². The normalized spacial score (nSPS) is 25.9. The fraction of sp³-hybridized carbons (Fsp3) is 0.923. The van der Waals surface area contributed by atoms with E-state index >= 15 is 0 Å². The lowest BCUT2D eigenvalue weighted by Gasteiger charge is -2.37. The van der Waals surface area contributed by atoms with Crippen molar-refractivity contribution in [3.05, 3.63) is 0 Å². The summed E-state index contributed by atoms with van der Waals surface area (Å²) < 4.78 is 26.7. The minimum absolute atomic E-state index is 0.125. The smallest absolute Gasteiger partial charge is 0.217 e. The lowest BCUT2D eigenvalue weighted by Crippen LogP contribution is -2.53. The standard InChI is InChI=1S/C13H23N3O2S/c1-12(11-14)15-7-9-16(10-8-15)19(17,18)13-5-3-2-4-6-13/h12-13H,2-10H2,1H3. The van der Waals surface area contributed by atoms with Crippen molar-refractivity contribution in [3.8, 4) is 6.07 Å². The first kappa shape index (κ1) is 14.8. The average Bonchev–Trinajstić information content (AvgIpc) is 2.47. The largest absolute Gasteiger partial charge is 0.286 e. The SMILES string of the molecule is CC(C#N)N1CCN(S(=O)(=O)C2CCCCC2)CC1. The lowest BCUT2D eigenvalue weighted by atomic mass is 10.0. The predicted molar refractivity (Wildman–Crippen MR) is 74.0 cm³/mol. The van der Waals surface area contributed by atoms with Crippen LogP contribution >= 0.6 is 0 Å². The van der Waals surface area contributed by atoms with Gasteiger partial charge >= 0.3 is 0 Å². The van der Waals surface area contributed by atoms with Crippen molar-refractivity contribution in [1.82, 2.24) is 9.21 Å². The van der Waals surface area contributed by atoms with Gasteiger partial charge in [-0.2, -0.15) is 9.57 Å². The van der Waals surface area contributed by atoms with Gasteiger partial charge in [0.2, 0.25) is 10.0 Å². The van der Waals surface area contributed by atoms with E-state index in [0.29, 0.717) is 26.2 Å². The van der Waals surface area contributed by atoms with Gasteiger partial charge in [0.15, 0.2) is 0 Å². The summed E-state index contributed by atoms with van der Waals surface area (Å²) in [4.78, 5) is 2.05. The molecule has 0 amide bonds. The minimum Gasteiger partial charge on any atom is -0.286 e. The van der Waals surface area contributed by atoms with Gasteiger partial charge in [-0.05, 0) is 19.8 Å². The maximum atomic E-state index is 12.5. The summed E-state index contributed by atoms with van der Waals surface area (Å²) >= 11 is 0. The molecule has 108 valence electrons. The quantitative estimate of drug-likeness (QED) is 0.781. The second kappa shape index (κ2) is 6.21. The molecule has 19 heavy (non-hydrogen) atoms. The monoisotopic (exact) mass is 285 g/mol. The van der Waals surface area contributed by atoms with Crippen LogP contribution in [0.3, 0.4) is 0 Å². The van der Waals surface area contributed by atoms with Crippen molar-refractivity contribution in [3.63, 3.8) is 0 Å². The summed E-state index contributed by atoms with van der Waals surface area (Å²) in [6.07, 6.45) is 4.87. The van der Waals surface area contributed by atoms with Gasteiger partial charge in [-0.1, -0.05) is 19.3 Å². The van der Waals surface area contributed by atoms with Gasteiger partial charge in [0.05, 0.1) is 17.4 Å². The lowest BCUT2D eigenvalue weighted by molar-refractivity contribution is 0.168. The summed E-state index contributed by atoms with van der Waals surface area (Å²) in [7, 11) is -3.12. The van der Waals surface area contributed by atoms with Crippen LogP contribution < -0.4 is 0 Å². The average molecular weight is 285 g/mol. The molecule has 2 rings (SSSR count). The van der Waals surface area contributed by atoms with Crippen LogP contribution in [0.5, 0.6) is 0 Å². The van der Waals surface area contributed by atoms with Crippen LogP contribution in [-0.2, 0) is 10.0 Å². The number of hydrogen-bond donors (Lipinski definition) is 0. The maximum Gasteiger partial charge on any atom is 0.217 e. The third-order valence-electron chi connectivity index (χ3n) is 4.34. The van der Waals surface area contributed by atoms with Crippen LogP contribution in [0, 0.1) is 11.3 Å². The van der Waals surface area contributed by atoms with Gasteiger partial charge in [0, 0.05) is 26.2 Å². The fourth-order valence-electron chi connectivity index (χ4n) is 3.00. The van der Waals surface area contributed by atoms with E-state index in [4.69, 9.17) is 5.26 Å². The fourth-order valence-corrected chi connectivity index (χ4v) is 5.02. The van der Waals surface area contributed by atoms with E-state index in [2.05, 4.69) is 6.07 Å². The highest BCUT2D eigenvalue weighted by Crippen LogP contribution is 2.26. The maximum absolute atomic E-state index is 12.5. The van der Waals surface area contributed by atoms with E-state index in [1.54, 1.807) is 4.31 Å². The van der Waals surface area contributed by atoms with E-state index in [9.17, 15) is 8.42 Å². The summed E-state index contributed by atoms with van der Waals surface area (Å²) in [6, 6.07) is 2.08. The van der Waals surface area contributed by atoms with E-state index in [-0.39, 0.29) is 11.3 Å². The van der Waals surface area contributed by atoms with Crippen LogP contribution in [0.4, 0.5) is 0 Å². The molecule has 1 saturated carbocycles. The second-order valence-corrected chi connectivity index (χ2v) is 7.76. The molecule has 1 aliphatic carbocycles. The zero-order valence-electron chi connectivity index (χ0n) is 11.6. The zero-order chi connectivity index (χ0) is 13.9. The Morgan fingerprint density at radius 2 is 1.68 bits per heavy atom. The third kappa shape index (κ3) is 3.28. The molecule has 0 N–H and O–H groups in total. The predicted octanol–water partition coefficient (Wildman–Crippen LogP) is 1.18. The van der Waals surface area contributed by atoms with Crippen LogP contribution in [-0.4, -0.2) is 55.1 Å². The van der Waals surface area contributed by atoms with Crippen LogP contribution in [0.15, 0.2) is 0 Å². The number of nitrogens with zero attached hydrogens (tertiary/aromatic N) is 3. The molecular weight excluding hydrogens is 262 g/mol. The van der Waals surface area contributed by atoms with Crippen molar-refractivity contribution >= 4 is 10.0 Å². The Bertz CT molecular complexity index is 429. The molecule has 0 aromatic carbocycles. The molecule has 6 heteroatoms. The molecule has 2 aliphatic rings. The summed E-state index contributed by atoms with van der Waals surface area (Å²) in [6.45, 7) is 4.27. The molecule has 0 aromatic heterocycles. The van der Waals surface area contributed by atoms with Gasteiger partial charge in [0.25, 0.3) is 0 Å². The van der Waals surface area contributed by atoms with E-state index < -0.39 is 10.0 Å². The summed E-state index contributed by atoms with van der Waals surface area (Å²) in [5.41, 5.74) is 0. The Kier molecular flexibility index (Phi) is 4.82. The van der Waals surface area contributed by atoms with Crippen LogP contribution in [0.1, 0.15) is 39.0 Å². The molecule has 2 fully saturated rings. The van der Waals surface area contributed by atoms with Gasteiger partial charge in [0.1, 0.15) is 0 Å². The molecule has 1 aliphatic heterocycles. The van der Waals surface area contributed by atoms with Gasteiger partial charge in [-0.25, -0.2) is 8.42 Å².